The number of aryl methyl sites for hydroxylation is 1. The summed E-state index contributed by atoms with van der Waals surface area (Å²) in [5.41, 5.74) is 0.385. The van der Waals surface area contributed by atoms with Gasteiger partial charge in [0.1, 0.15) is 10.7 Å². The molecule has 0 spiro atoms. The fourth-order valence-electron chi connectivity index (χ4n) is 3.32. The van der Waals surface area contributed by atoms with E-state index in [-0.39, 0.29) is 23.5 Å². The molecule has 1 N–H and O–H groups in total. The number of Topliss-reactive ketones (excluding diaryl/α,β-unsaturated/α-hetero) is 1. The number of carbonyl (C=O) groups excluding carboxylic acids is 3. The van der Waals surface area contributed by atoms with Crippen molar-refractivity contribution in [2.24, 2.45) is 11.3 Å². The second-order valence-electron chi connectivity index (χ2n) is 8.47. The topological polar surface area (TPSA) is 79.4 Å². The number of hydrogen-bond donors (Lipinski definition) is 1. The summed E-state index contributed by atoms with van der Waals surface area (Å²) in [7, 11) is 0. The molecule has 1 saturated heterocycles. The zero-order valence-corrected chi connectivity index (χ0v) is 18.1. The van der Waals surface area contributed by atoms with Gasteiger partial charge in [0, 0.05) is 35.5 Å². The van der Waals surface area contributed by atoms with Crippen LogP contribution in [0.4, 0.5) is 5.00 Å². The third-order valence-electron chi connectivity index (χ3n) is 4.99. The molecule has 29 heavy (non-hydrogen) atoms. The molecule has 2 aromatic rings. The van der Waals surface area contributed by atoms with Crippen LogP contribution in [-0.2, 0) is 4.79 Å². The number of ketones is 1. The number of aromatic nitrogens is 1. The van der Waals surface area contributed by atoms with Crippen molar-refractivity contribution >= 4 is 33.9 Å². The van der Waals surface area contributed by atoms with Gasteiger partial charge in [0.05, 0.1) is 5.56 Å². The zero-order valence-electron chi connectivity index (χ0n) is 17.3. The summed E-state index contributed by atoms with van der Waals surface area (Å²) >= 11 is 1.40. The Morgan fingerprint density at radius 1 is 1.24 bits per heavy atom. The fourth-order valence-corrected chi connectivity index (χ4v) is 4.22. The van der Waals surface area contributed by atoms with Gasteiger partial charge in [-0.1, -0.05) is 26.8 Å². The van der Waals surface area contributed by atoms with Gasteiger partial charge in [-0.2, -0.15) is 0 Å². The van der Waals surface area contributed by atoms with Gasteiger partial charge in [-0.25, -0.2) is 0 Å². The Kier molecular flexibility index (Phi) is 6.17. The van der Waals surface area contributed by atoms with Gasteiger partial charge in [-0.3, -0.25) is 19.4 Å². The molecule has 0 aromatic carbocycles. The molecule has 1 atom stereocenters. The van der Waals surface area contributed by atoms with Crippen LogP contribution in [-0.4, -0.2) is 40.6 Å². The van der Waals surface area contributed by atoms with Crippen LogP contribution in [0, 0.1) is 18.3 Å². The highest BCUT2D eigenvalue weighted by molar-refractivity contribution is 7.16. The highest BCUT2D eigenvalue weighted by Gasteiger charge is 2.32. The summed E-state index contributed by atoms with van der Waals surface area (Å²) in [4.78, 5) is 45.2. The summed E-state index contributed by atoms with van der Waals surface area (Å²) in [6.07, 6.45) is 3.12. The standard InChI is InChI=1S/C22H27N3O3S/c1-14-12-16(19(29-14)24-21(28)22(2,3)4)20(27)25-11-7-8-15(13-25)18(26)17-9-5-6-10-23-17/h5-6,9-10,12,15H,7-8,11,13H2,1-4H3,(H,24,28). The molecule has 6 nitrogen and oxygen atoms in total. The number of nitrogens with zero attached hydrogens (tertiary/aromatic N) is 2. The van der Waals surface area contributed by atoms with E-state index in [4.69, 9.17) is 0 Å². The molecule has 7 heteroatoms. The van der Waals surface area contributed by atoms with Gasteiger partial charge in [0.15, 0.2) is 5.78 Å². The predicted molar refractivity (Wildman–Crippen MR) is 114 cm³/mol. The molecule has 1 unspecified atom stereocenters. The minimum Gasteiger partial charge on any atom is -0.338 e. The lowest BCUT2D eigenvalue weighted by Crippen LogP contribution is -2.42. The molecule has 154 valence electrons. The van der Waals surface area contributed by atoms with E-state index in [9.17, 15) is 14.4 Å². The molecule has 0 aliphatic carbocycles. The van der Waals surface area contributed by atoms with Gasteiger partial charge in [-0.05, 0) is 38.0 Å². The molecular weight excluding hydrogens is 386 g/mol. The zero-order chi connectivity index (χ0) is 21.2. The minimum absolute atomic E-state index is 0.0224. The van der Waals surface area contributed by atoms with E-state index in [2.05, 4.69) is 10.3 Å². The van der Waals surface area contributed by atoms with Crippen LogP contribution in [0.5, 0.6) is 0 Å². The monoisotopic (exact) mass is 413 g/mol. The second-order valence-corrected chi connectivity index (χ2v) is 9.73. The summed E-state index contributed by atoms with van der Waals surface area (Å²) in [5, 5.41) is 3.48. The molecule has 2 aromatic heterocycles. The predicted octanol–water partition coefficient (Wildman–Crippen LogP) is 4.17. The van der Waals surface area contributed by atoms with Crippen molar-refractivity contribution in [1.29, 1.82) is 0 Å². The van der Waals surface area contributed by atoms with Crippen molar-refractivity contribution in [1.82, 2.24) is 9.88 Å². The Morgan fingerprint density at radius 2 is 2.00 bits per heavy atom. The molecule has 1 fully saturated rings. The van der Waals surface area contributed by atoms with E-state index < -0.39 is 5.41 Å². The number of nitrogens with one attached hydrogen (secondary N) is 1. The van der Waals surface area contributed by atoms with Crippen molar-refractivity contribution in [2.75, 3.05) is 18.4 Å². The Bertz CT molecular complexity index is 915. The van der Waals surface area contributed by atoms with Crippen LogP contribution >= 0.6 is 11.3 Å². The van der Waals surface area contributed by atoms with Crippen molar-refractivity contribution in [3.63, 3.8) is 0 Å². The van der Waals surface area contributed by atoms with E-state index in [0.717, 1.165) is 17.7 Å². The maximum absolute atomic E-state index is 13.2. The van der Waals surface area contributed by atoms with E-state index in [1.807, 2.05) is 33.8 Å². The Labute approximate surface area is 175 Å². The second kappa shape index (κ2) is 8.45. The van der Waals surface area contributed by atoms with Crippen molar-refractivity contribution < 1.29 is 14.4 Å². The number of amides is 2. The summed E-state index contributed by atoms with van der Waals surface area (Å²) in [6, 6.07) is 7.10. The van der Waals surface area contributed by atoms with Crippen molar-refractivity contribution in [2.45, 2.75) is 40.5 Å². The van der Waals surface area contributed by atoms with Crippen LogP contribution in [0.3, 0.4) is 0 Å². The highest BCUT2D eigenvalue weighted by atomic mass is 32.1. The Morgan fingerprint density at radius 3 is 2.66 bits per heavy atom. The first-order valence-corrected chi connectivity index (χ1v) is 10.6. The highest BCUT2D eigenvalue weighted by Crippen LogP contribution is 2.32. The van der Waals surface area contributed by atoms with Crippen LogP contribution in [0.1, 0.15) is 59.3 Å². The summed E-state index contributed by atoms with van der Waals surface area (Å²) < 4.78 is 0. The average molecular weight is 414 g/mol. The van der Waals surface area contributed by atoms with E-state index in [1.54, 1.807) is 29.3 Å². The summed E-state index contributed by atoms with van der Waals surface area (Å²) in [6.45, 7) is 8.40. The van der Waals surface area contributed by atoms with Crippen LogP contribution in [0.25, 0.3) is 0 Å². The first-order valence-electron chi connectivity index (χ1n) is 9.83. The van der Waals surface area contributed by atoms with Crippen molar-refractivity contribution in [3.8, 4) is 0 Å². The minimum atomic E-state index is -0.552. The maximum atomic E-state index is 13.2. The lowest BCUT2D eigenvalue weighted by atomic mass is 9.91. The molecule has 2 amide bonds. The molecule has 0 saturated carbocycles. The van der Waals surface area contributed by atoms with Crippen LogP contribution < -0.4 is 5.32 Å². The smallest absolute Gasteiger partial charge is 0.256 e. The number of anilines is 1. The lowest BCUT2D eigenvalue weighted by Gasteiger charge is -2.32. The number of thiophene rings is 1. The molecule has 1 aliphatic rings. The largest absolute Gasteiger partial charge is 0.338 e. The first-order chi connectivity index (χ1) is 13.7. The Balaban J connectivity index is 1.77. The molecule has 0 bridgehead atoms. The molecule has 1 aliphatic heterocycles. The average Bonchev–Trinajstić information content (AvgIpc) is 3.07. The van der Waals surface area contributed by atoms with Gasteiger partial charge >= 0.3 is 0 Å². The van der Waals surface area contributed by atoms with Gasteiger partial charge < -0.3 is 10.2 Å². The Hall–Kier alpha value is -2.54. The van der Waals surface area contributed by atoms with Crippen molar-refractivity contribution in [3.05, 3.63) is 46.6 Å². The van der Waals surface area contributed by atoms with Gasteiger partial charge in [0.2, 0.25) is 5.91 Å². The molecule has 0 radical (unpaired) electrons. The number of piperidine rings is 1. The maximum Gasteiger partial charge on any atom is 0.256 e. The molecular formula is C22H27N3O3S. The van der Waals surface area contributed by atoms with Gasteiger partial charge in [-0.15, -0.1) is 11.3 Å². The SMILES string of the molecule is Cc1cc(C(=O)N2CCCC(C(=O)c3ccccn3)C2)c(NC(=O)C(C)(C)C)s1. The molecule has 3 heterocycles. The van der Waals surface area contributed by atoms with E-state index in [0.29, 0.717) is 29.3 Å². The third kappa shape index (κ3) is 4.90. The summed E-state index contributed by atoms with van der Waals surface area (Å²) in [5.74, 6) is -0.548. The lowest BCUT2D eigenvalue weighted by molar-refractivity contribution is -0.123. The third-order valence-corrected chi connectivity index (χ3v) is 5.96. The fraction of sp³-hybridized carbons (Fsp3) is 0.455. The van der Waals surface area contributed by atoms with Crippen LogP contribution in [0.2, 0.25) is 0 Å². The number of carbonyl (C=O) groups is 3. The normalized spacial score (nSPS) is 17.1. The first kappa shape index (κ1) is 21.2. The van der Waals surface area contributed by atoms with Crippen LogP contribution in [0.15, 0.2) is 30.5 Å². The number of hydrogen-bond acceptors (Lipinski definition) is 5. The van der Waals surface area contributed by atoms with E-state index >= 15 is 0 Å². The molecule has 3 rings (SSSR count). The number of pyridine rings is 1. The van der Waals surface area contributed by atoms with E-state index in [1.165, 1.54) is 11.3 Å². The van der Waals surface area contributed by atoms with Gasteiger partial charge in [0.25, 0.3) is 5.91 Å². The number of rotatable bonds is 4. The quantitative estimate of drug-likeness (QED) is 0.763. The number of likely N-dealkylation sites (tertiary alicyclic amines) is 1.